The van der Waals surface area contributed by atoms with Crippen LogP contribution in [-0.2, 0) is 0 Å². The zero-order valence-corrected chi connectivity index (χ0v) is 22.2. The first-order valence-corrected chi connectivity index (χ1v) is 12.4. The van der Waals surface area contributed by atoms with Crippen LogP contribution < -0.4 is 0 Å². The summed E-state index contributed by atoms with van der Waals surface area (Å²) in [7, 11) is 0. The monoisotopic (exact) mass is 572 g/mol. The van der Waals surface area contributed by atoms with Crippen LogP contribution in [0.3, 0.4) is 0 Å². The normalized spacial score (nSPS) is 11.5. The Hall–Kier alpha value is -3.22. The fraction of sp³-hybridized carbons (Fsp3) is 0.0357. The third-order valence-electron chi connectivity index (χ3n) is 5.42. The summed E-state index contributed by atoms with van der Waals surface area (Å²) in [4.78, 5) is 26.6. The number of aromatic nitrogens is 2. The van der Waals surface area contributed by atoms with Gasteiger partial charge < -0.3 is 0 Å². The van der Waals surface area contributed by atoms with Crippen molar-refractivity contribution in [2.45, 2.75) is 6.92 Å². The molecule has 9 heteroatoms. The van der Waals surface area contributed by atoms with Crippen LogP contribution in [0.5, 0.6) is 0 Å². The van der Waals surface area contributed by atoms with Crippen molar-refractivity contribution in [3.05, 3.63) is 127 Å². The summed E-state index contributed by atoms with van der Waals surface area (Å²) in [5.74, 6) is -1.40. The fourth-order valence-electron chi connectivity index (χ4n) is 3.57. The zero-order chi connectivity index (χ0) is 26.7. The lowest BCUT2D eigenvalue weighted by molar-refractivity contribution is 0.101. The average Bonchev–Trinajstić information content (AvgIpc) is 3.20. The van der Waals surface area contributed by atoms with Gasteiger partial charge in [-0.25, -0.2) is 9.07 Å². The predicted octanol–water partition coefficient (Wildman–Crippen LogP) is 8.73. The Balaban J connectivity index is 1.75. The second-order valence-electron chi connectivity index (χ2n) is 7.92. The summed E-state index contributed by atoms with van der Waals surface area (Å²) in [5.41, 5.74) is 2.07. The van der Waals surface area contributed by atoms with Crippen LogP contribution in [0.25, 0.3) is 17.8 Å². The van der Waals surface area contributed by atoms with Crippen molar-refractivity contribution in [2.75, 3.05) is 0 Å². The van der Waals surface area contributed by atoms with Gasteiger partial charge in [0, 0.05) is 20.1 Å². The standard InChI is InChI=1S/C28H17Cl4FN2O2/c1-16-27(25(36)12-4-17-2-6-19(29)14-23(17)31)28(34-35(16)22-10-8-21(33)9-11-22)26(37)13-5-18-3-7-20(30)15-24(18)32/h2-15H,1H3/b12-4+,13-5+. The van der Waals surface area contributed by atoms with Gasteiger partial charge in [0.25, 0.3) is 0 Å². The van der Waals surface area contributed by atoms with Crippen LogP contribution >= 0.6 is 46.4 Å². The van der Waals surface area contributed by atoms with Gasteiger partial charge in [-0.1, -0.05) is 58.5 Å². The van der Waals surface area contributed by atoms with Gasteiger partial charge >= 0.3 is 0 Å². The first-order chi connectivity index (χ1) is 17.6. The zero-order valence-electron chi connectivity index (χ0n) is 19.2. The smallest absolute Gasteiger partial charge is 0.206 e. The lowest BCUT2D eigenvalue weighted by Crippen LogP contribution is -2.05. The summed E-state index contributed by atoms with van der Waals surface area (Å²) in [6.45, 7) is 1.66. The second kappa shape index (κ2) is 11.4. The van der Waals surface area contributed by atoms with E-state index in [2.05, 4.69) is 5.10 Å². The SMILES string of the molecule is Cc1c(C(=O)/C=C/c2ccc(Cl)cc2Cl)c(C(=O)/C=C/c2ccc(Cl)cc2Cl)nn1-c1ccc(F)cc1. The van der Waals surface area contributed by atoms with E-state index in [4.69, 9.17) is 46.4 Å². The van der Waals surface area contributed by atoms with Crippen LogP contribution in [0, 0.1) is 12.7 Å². The van der Waals surface area contributed by atoms with Gasteiger partial charge in [0.05, 0.1) is 16.9 Å². The Kier molecular flexibility index (Phi) is 8.30. The molecule has 0 amide bonds. The van der Waals surface area contributed by atoms with Crippen molar-refractivity contribution in [3.8, 4) is 5.69 Å². The van der Waals surface area contributed by atoms with Gasteiger partial charge in [-0.15, -0.1) is 0 Å². The number of carbonyl (C=O) groups is 2. The molecule has 37 heavy (non-hydrogen) atoms. The van der Waals surface area contributed by atoms with E-state index >= 15 is 0 Å². The van der Waals surface area contributed by atoms with Gasteiger partial charge in [0.15, 0.2) is 5.78 Å². The van der Waals surface area contributed by atoms with Crippen molar-refractivity contribution < 1.29 is 14.0 Å². The molecule has 0 aliphatic carbocycles. The highest BCUT2D eigenvalue weighted by molar-refractivity contribution is 6.36. The van der Waals surface area contributed by atoms with Crippen molar-refractivity contribution in [3.63, 3.8) is 0 Å². The van der Waals surface area contributed by atoms with E-state index in [0.29, 0.717) is 42.6 Å². The molecule has 4 aromatic rings. The minimum Gasteiger partial charge on any atom is -0.289 e. The largest absolute Gasteiger partial charge is 0.289 e. The molecule has 0 fully saturated rings. The molecule has 0 bridgehead atoms. The van der Waals surface area contributed by atoms with E-state index in [9.17, 15) is 14.0 Å². The molecule has 0 atom stereocenters. The molecule has 0 saturated heterocycles. The van der Waals surface area contributed by atoms with Gasteiger partial charge in [-0.2, -0.15) is 5.10 Å². The molecule has 1 heterocycles. The molecule has 0 aliphatic rings. The minimum absolute atomic E-state index is 0.0694. The third kappa shape index (κ3) is 6.20. The number of ketones is 2. The number of rotatable bonds is 7. The Morgan fingerprint density at radius 1 is 0.784 bits per heavy atom. The number of allylic oxidation sites excluding steroid dienone is 2. The van der Waals surface area contributed by atoms with Gasteiger partial charge in [0.2, 0.25) is 5.78 Å². The Morgan fingerprint density at radius 3 is 1.81 bits per heavy atom. The van der Waals surface area contributed by atoms with E-state index in [-0.39, 0.29) is 11.3 Å². The molecule has 0 radical (unpaired) electrons. The first-order valence-electron chi connectivity index (χ1n) is 10.8. The van der Waals surface area contributed by atoms with Crippen molar-refractivity contribution in [1.82, 2.24) is 9.78 Å². The summed E-state index contributed by atoms with van der Waals surface area (Å²) in [5, 5.41) is 6.06. The molecular formula is C28H17Cl4FN2O2. The Labute approximate surface area is 232 Å². The number of nitrogens with zero attached hydrogens (tertiary/aromatic N) is 2. The van der Waals surface area contributed by atoms with E-state index in [1.165, 1.54) is 53.3 Å². The van der Waals surface area contributed by atoms with Gasteiger partial charge in [-0.05, 0) is 90.9 Å². The first kappa shape index (κ1) is 26.8. The molecular weight excluding hydrogens is 557 g/mol. The molecule has 1 aromatic heterocycles. The minimum atomic E-state index is -0.517. The van der Waals surface area contributed by atoms with Crippen LogP contribution in [0.15, 0.2) is 72.8 Å². The summed E-state index contributed by atoms with van der Waals surface area (Å²) in [6.07, 6.45) is 5.64. The van der Waals surface area contributed by atoms with Crippen molar-refractivity contribution >= 4 is 70.1 Å². The van der Waals surface area contributed by atoms with Crippen molar-refractivity contribution in [2.24, 2.45) is 0 Å². The third-order valence-corrected chi connectivity index (χ3v) is 6.55. The maximum absolute atomic E-state index is 13.5. The molecule has 4 nitrogen and oxygen atoms in total. The number of benzene rings is 3. The molecule has 4 rings (SSSR count). The molecule has 0 spiro atoms. The van der Waals surface area contributed by atoms with Crippen LogP contribution in [0.2, 0.25) is 20.1 Å². The fourth-order valence-corrected chi connectivity index (χ4v) is 4.51. The summed E-state index contributed by atoms with van der Waals surface area (Å²) < 4.78 is 14.9. The highest BCUT2D eigenvalue weighted by Gasteiger charge is 2.24. The summed E-state index contributed by atoms with van der Waals surface area (Å²) in [6, 6.07) is 15.3. The molecule has 3 aromatic carbocycles. The maximum atomic E-state index is 13.5. The quantitative estimate of drug-likeness (QED) is 0.164. The number of carbonyl (C=O) groups excluding carboxylic acids is 2. The van der Waals surface area contributed by atoms with Crippen LogP contribution in [0.1, 0.15) is 37.7 Å². The maximum Gasteiger partial charge on any atom is 0.206 e. The molecule has 0 N–H and O–H groups in total. The van der Waals surface area contributed by atoms with E-state index < -0.39 is 17.4 Å². The highest BCUT2D eigenvalue weighted by atomic mass is 35.5. The topological polar surface area (TPSA) is 52.0 Å². The van der Waals surface area contributed by atoms with E-state index in [1.807, 2.05) is 0 Å². The van der Waals surface area contributed by atoms with Crippen LogP contribution in [0.4, 0.5) is 4.39 Å². The Morgan fingerprint density at radius 2 is 1.30 bits per heavy atom. The molecule has 186 valence electrons. The van der Waals surface area contributed by atoms with Crippen molar-refractivity contribution in [1.29, 1.82) is 0 Å². The molecule has 0 unspecified atom stereocenters. The van der Waals surface area contributed by atoms with Crippen LogP contribution in [-0.4, -0.2) is 21.3 Å². The lowest BCUT2D eigenvalue weighted by Gasteiger charge is -2.04. The second-order valence-corrected chi connectivity index (χ2v) is 9.61. The van der Waals surface area contributed by atoms with Gasteiger partial charge in [0.1, 0.15) is 11.5 Å². The Bertz CT molecular complexity index is 1570. The summed E-state index contributed by atoms with van der Waals surface area (Å²) >= 11 is 24.3. The molecule has 0 aliphatic heterocycles. The lowest BCUT2D eigenvalue weighted by atomic mass is 10.0. The number of halogens is 5. The average molecular weight is 574 g/mol. The highest BCUT2D eigenvalue weighted by Crippen LogP contribution is 2.25. The predicted molar refractivity (Wildman–Crippen MR) is 148 cm³/mol. The van der Waals surface area contributed by atoms with Gasteiger partial charge in [-0.3, -0.25) is 9.59 Å². The van der Waals surface area contributed by atoms with E-state index in [0.717, 1.165) is 0 Å². The number of hydrogen-bond donors (Lipinski definition) is 0. The number of hydrogen-bond acceptors (Lipinski definition) is 3. The molecule has 0 saturated carbocycles. The van der Waals surface area contributed by atoms with E-state index in [1.54, 1.807) is 43.3 Å².